The second kappa shape index (κ2) is 6.28. The summed E-state index contributed by atoms with van der Waals surface area (Å²) in [5, 5.41) is 0. The first kappa shape index (κ1) is 10.6. The molecular formula is C10H15NO. The summed E-state index contributed by atoms with van der Waals surface area (Å²) >= 11 is 0. The van der Waals surface area contributed by atoms with Crippen LogP contribution in [-0.2, 0) is 4.74 Å². The molecule has 0 rings (SSSR count). The summed E-state index contributed by atoms with van der Waals surface area (Å²) in [6.45, 7) is 5.49. The van der Waals surface area contributed by atoms with Gasteiger partial charge in [-0.05, 0) is 31.2 Å². The number of allylic oxidation sites excluding steroid dienone is 5. The number of rotatable bonds is 4. The van der Waals surface area contributed by atoms with Crippen LogP contribution in [-0.4, -0.2) is 7.11 Å². The summed E-state index contributed by atoms with van der Waals surface area (Å²) in [5.74, 6) is 0.697. The van der Waals surface area contributed by atoms with Gasteiger partial charge in [-0.2, -0.15) is 0 Å². The zero-order valence-electron chi connectivity index (χ0n) is 7.58. The van der Waals surface area contributed by atoms with Crippen LogP contribution < -0.4 is 5.73 Å². The van der Waals surface area contributed by atoms with Gasteiger partial charge in [0.1, 0.15) is 5.76 Å². The minimum atomic E-state index is 0.689. The van der Waals surface area contributed by atoms with Crippen LogP contribution in [0.4, 0.5) is 0 Å². The lowest BCUT2D eigenvalue weighted by atomic mass is 10.3. The Balaban J connectivity index is 4.33. The molecule has 0 aromatic carbocycles. The topological polar surface area (TPSA) is 35.2 Å². The molecule has 0 spiro atoms. The van der Waals surface area contributed by atoms with E-state index in [9.17, 15) is 0 Å². The maximum atomic E-state index is 5.58. The largest absolute Gasteiger partial charge is 0.497 e. The van der Waals surface area contributed by atoms with Crippen molar-refractivity contribution in [2.24, 2.45) is 5.73 Å². The van der Waals surface area contributed by atoms with Crippen molar-refractivity contribution >= 4 is 0 Å². The Morgan fingerprint density at radius 2 is 2.08 bits per heavy atom. The average Bonchev–Trinajstić information content (AvgIpc) is 2.07. The molecule has 0 fully saturated rings. The Morgan fingerprint density at radius 3 is 2.50 bits per heavy atom. The van der Waals surface area contributed by atoms with E-state index in [0.717, 1.165) is 0 Å². The smallest absolute Gasteiger partial charge is 0.118 e. The Morgan fingerprint density at radius 1 is 1.42 bits per heavy atom. The molecule has 0 heterocycles. The average molecular weight is 165 g/mol. The summed E-state index contributed by atoms with van der Waals surface area (Å²) in [7, 11) is 1.59. The molecule has 0 aromatic rings. The fourth-order valence-electron chi connectivity index (χ4n) is 0.646. The van der Waals surface area contributed by atoms with E-state index >= 15 is 0 Å². The molecule has 0 aliphatic carbocycles. The maximum absolute atomic E-state index is 5.58. The minimum absolute atomic E-state index is 0.689. The summed E-state index contributed by atoms with van der Waals surface area (Å²) in [6.07, 6.45) is 8.84. The molecular weight excluding hydrogens is 150 g/mol. The van der Waals surface area contributed by atoms with Crippen molar-refractivity contribution in [3.63, 3.8) is 0 Å². The Kier molecular flexibility index (Phi) is 5.53. The van der Waals surface area contributed by atoms with E-state index in [0.29, 0.717) is 11.5 Å². The number of hydrogen-bond acceptors (Lipinski definition) is 2. The van der Waals surface area contributed by atoms with Crippen molar-refractivity contribution in [2.45, 2.75) is 6.92 Å². The van der Waals surface area contributed by atoms with Gasteiger partial charge in [0.05, 0.1) is 7.11 Å². The van der Waals surface area contributed by atoms with E-state index in [-0.39, 0.29) is 0 Å². The first-order valence-corrected chi connectivity index (χ1v) is 3.71. The predicted molar refractivity (Wildman–Crippen MR) is 52.4 cm³/mol. The predicted octanol–water partition coefficient (Wildman–Crippen LogP) is 2.12. The molecule has 0 bridgehead atoms. The summed E-state index contributed by atoms with van der Waals surface area (Å²) in [6, 6.07) is 0. The van der Waals surface area contributed by atoms with E-state index < -0.39 is 0 Å². The lowest BCUT2D eigenvalue weighted by Crippen LogP contribution is -1.91. The molecule has 66 valence electrons. The van der Waals surface area contributed by atoms with E-state index in [1.165, 1.54) is 0 Å². The van der Waals surface area contributed by atoms with E-state index in [1.54, 1.807) is 25.3 Å². The molecule has 0 unspecified atom stereocenters. The van der Waals surface area contributed by atoms with Crippen molar-refractivity contribution < 1.29 is 4.74 Å². The third-order valence-electron chi connectivity index (χ3n) is 1.24. The highest BCUT2D eigenvalue weighted by Crippen LogP contribution is 1.97. The van der Waals surface area contributed by atoms with Gasteiger partial charge in [-0.1, -0.05) is 12.7 Å². The second-order valence-electron chi connectivity index (χ2n) is 2.14. The minimum Gasteiger partial charge on any atom is -0.497 e. The molecule has 0 saturated heterocycles. The van der Waals surface area contributed by atoms with Crippen LogP contribution in [0.1, 0.15) is 6.92 Å². The normalized spacial score (nSPS) is 13.5. The fourth-order valence-corrected chi connectivity index (χ4v) is 0.646. The molecule has 2 N–H and O–H groups in total. The molecule has 0 aromatic heterocycles. The highest BCUT2D eigenvalue weighted by molar-refractivity contribution is 5.24. The molecule has 0 saturated carbocycles. The van der Waals surface area contributed by atoms with Crippen LogP contribution in [0.2, 0.25) is 0 Å². The molecule has 0 atom stereocenters. The van der Waals surface area contributed by atoms with Crippen LogP contribution >= 0.6 is 0 Å². The van der Waals surface area contributed by atoms with Gasteiger partial charge >= 0.3 is 0 Å². The van der Waals surface area contributed by atoms with Crippen LogP contribution in [0.3, 0.4) is 0 Å². The zero-order valence-corrected chi connectivity index (χ0v) is 7.58. The summed E-state index contributed by atoms with van der Waals surface area (Å²) in [5.41, 5.74) is 6.27. The van der Waals surface area contributed by atoms with Gasteiger partial charge in [-0.15, -0.1) is 0 Å². The van der Waals surface area contributed by atoms with E-state index in [4.69, 9.17) is 10.5 Å². The third kappa shape index (κ3) is 4.39. The monoisotopic (exact) mass is 165 g/mol. The lowest BCUT2D eigenvalue weighted by Gasteiger charge is -1.96. The molecule has 2 heteroatoms. The van der Waals surface area contributed by atoms with Crippen molar-refractivity contribution in [1.82, 2.24) is 0 Å². The molecule has 0 amide bonds. The summed E-state index contributed by atoms with van der Waals surface area (Å²) in [4.78, 5) is 0. The van der Waals surface area contributed by atoms with Gasteiger partial charge in [0, 0.05) is 5.70 Å². The van der Waals surface area contributed by atoms with Crippen molar-refractivity contribution in [3.05, 3.63) is 48.4 Å². The third-order valence-corrected chi connectivity index (χ3v) is 1.24. The number of hydrogen-bond donors (Lipinski definition) is 1. The van der Waals surface area contributed by atoms with Crippen molar-refractivity contribution in [2.75, 3.05) is 7.11 Å². The first-order valence-electron chi connectivity index (χ1n) is 3.71. The van der Waals surface area contributed by atoms with Gasteiger partial charge in [0.25, 0.3) is 0 Å². The highest BCUT2D eigenvalue weighted by Gasteiger charge is 1.84. The van der Waals surface area contributed by atoms with Crippen molar-refractivity contribution in [1.29, 1.82) is 0 Å². The molecule has 12 heavy (non-hydrogen) atoms. The Hall–Kier alpha value is -1.44. The van der Waals surface area contributed by atoms with Gasteiger partial charge in [0.2, 0.25) is 0 Å². The lowest BCUT2D eigenvalue weighted by molar-refractivity contribution is 0.307. The molecule has 0 radical (unpaired) electrons. The van der Waals surface area contributed by atoms with E-state index in [1.807, 2.05) is 19.1 Å². The van der Waals surface area contributed by atoms with Gasteiger partial charge < -0.3 is 10.5 Å². The van der Waals surface area contributed by atoms with Crippen LogP contribution in [0.15, 0.2) is 48.4 Å². The Labute approximate surface area is 73.7 Å². The number of nitrogens with two attached hydrogens (primary N) is 1. The molecule has 0 aliphatic heterocycles. The standard InChI is InChI=1S/C10H15NO/c1-4-6-9(11)7-8-10(5-2)12-3/h4-8H,2,11H2,1,3H3/b6-4-,9-7+,10-8+. The van der Waals surface area contributed by atoms with Gasteiger partial charge in [-0.3, -0.25) is 0 Å². The van der Waals surface area contributed by atoms with Crippen LogP contribution in [0.25, 0.3) is 0 Å². The Bertz CT molecular complexity index is 224. The maximum Gasteiger partial charge on any atom is 0.118 e. The first-order chi connectivity index (χ1) is 5.74. The van der Waals surface area contributed by atoms with Crippen molar-refractivity contribution in [3.8, 4) is 0 Å². The molecule has 0 aliphatic rings. The van der Waals surface area contributed by atoms with Crippen LogP contribution in [0.5, 0.6) is 0 Å². The van der Waals surface area contributed by atoms with Gasteiger partial charge in [0.15, 0.2) is 0 Å². The summed E-state index contributed by atoms with van der Waals surface area (Å²) < 4.78 is 4.95. The SMILES string of the molecule is C=C\C(=C/C=C(N)\C=C/C)OC. The van der Waals surface area contributed by atoms with E-state index in [2.05, 4.69) is 6.58 Å². The van der Waals surface area contributed by atoms with Crippen LogP contribution in [0, 0.1) is 0 Å². The fraction of sp³-hybridized carbons (Fsp3) is 0.200. The highest BCUT2D eigenvalue weighted by atomic mass is 16.5. The van der Waals surface area contributed by atoms with Gasteiger partial charge in [-0.25, -0.2) is 0 Å². The number of ether oxygens (including phenoxy) is 1. The number of methoxy groups -OCH3 is 1. The zero-order chi connectivity index (χ0) is 9.40. The second-order valence-corrected chi connectivity index (χ2v) is 2.14. The quantitative estimate of drug-likeness (QED) is 0.511. The molecule has 2 nitrogen and oxygen atoms in total.